The fourth-order valence-electron chi connectivity index (χ4n) is 2.42. The van der Waals surface area contributed by atoms with Gasteiger partial charge in [-0.15, -0.1) is 0 Å². The molecule has 0 unspecified atom stereocenters. The van der Waals surface area contributed by atoms with Crippen molar-refractivity contribution in [2.45, 2.75) is 6.42 Å². The first-order valence-corrected chi connectivity index (χ1v) is 7.47. The van der Waals surface area contributed by atoms with Crippen molar-refractivity contribution in [2.24, 2.45) is 5.10 Å². The Morgan fingerprint density at radius 2 is 1.96 bits per heavy atom. The number of carbonyl (C=O) groups excluding carboxylic acids is 2. The quantitative estimate of drug-likeness (QED) is 0.692. The molecule has 0 radical (unpaired) electrons. The highest BCUT2D eigenvalue weighted by Gasteiger charge is 2.28. The van der Waals surface area contributed by atoms with Gasteiger partial charge in [0.25, 0.3) is 5.91 Å². The summed E-state index contributed by atoms with van der Waals surface area (Å²) in [6.07, 6.45) is 1.80. The Morgan fingerprint density at radius 3 is 2.78 bits per heavy atom. The number of nitrogens with one attached hydrogen (secondary N) is 1. The van der Waals surface area contributed by atoms with Crippen LogP contribution < -0.4 is 10.3 Å². The number of hydrazone groups is 1. The zero-order valence-corrected chi connectivity index (χ0v) is 13.0. The lowest BCUT2D eigenvalue weighted by molar-refractivity contribution is -0.123. The summed E-state index contributed by atoms with van der Waals surface area (Å²) in [5.41, 5.74) is 4.84. The smallest absolute Gasteiger partial charge is 0.260 e. The summed E-state index contributed by atoms with van der Waals surface area (Å²) in [5, 5.41) is 4.43. The fraction of sp³-hybridized carbons (Fsp3) is 0.118. The van der Waals surface area contributed by atoms with E-state index < -0.39 is 0 Å². The van der Waals surface area contributed by atoms with Crippen LogP contribution in [0.3, 0.4) is 0 Å². The van der Waals surface area contributed by atoms with E-state index in [-0.39, 0.29) is 18.4 Å². The van der Waals surface area contributed by atoms with Crippen molar-refractivity contribution < 1.29 is 9.59 Å². The van der Waals surface area contributed by atoms with Gasteiger partial charge in [-0.3, -0.25) is 9.59 Å². The van der Waals surface area contributed by atoms with E-state index >= 15 is 0 Å². The maximum absolute atomic E-state index is 12.0. The molecule has 1 N–H and O–H groups in total. The molecule has 2 aromatic rings. The van der Waals surface area contributed by atoms with Crippen LogP contribution in [0.1, 0.15) is 11.1 Å². The molecular formula is C17H14ClN3O2. The Hall–Kier alpha value is -2.66. The van der Waals surface area contributed by atoms with Crippen molar-refractivity contribution >= 4 is 35.3 Å². The van der Waals surface area contributed by atoms with Crippen LogP contribution in [-0.2, 0) is 16.0 Å². The molecule has 0 aromatic heterocycles. The summed E-state index contributed by atoms with van der Waals surface area (Å²) in [6.45, 7) is -0.0598. The highest BCUT2D eigenvalue weighted by Crippen LogP contribution is 2.27. The lowest BCUT2D eigenvalue weighted by Crippen LogP contribution is -2.37. The van der Waals surface area contributed by atoms with E-state index in [1.807, 2.05) is 36.4 Å². The standard InChI is InChI=1S/C17H14ClN3O2/c18-14-7-3-1-6-13(14)10-19-20-16(22)11-21-15-8-4-2-5-12(15)9-17(21)23/h1-8,10H,9,11H2,(H,20,22). The average molecular weight is 328 g/mol. The van der Waals surface area contributed by atoms with Crippen molar-refractivity contribution in [3.05, 3.63) is 64.7 Å². The van der Waals surface area contributed by atoms with Gasteiger partial charge in [0.15, 0.2) is 0 Å². The van der Waals surface area contributed by atoms with Crippen molar-refractivity contribution in [1.29, 1.82) is 0 Å². The van der Waals surface area contributed by atoms with Gasteiger partial charge in [-0.1, -0.05) is 48.0 Å². The molecule has 0 aliphatic carbocycles. The van der Waals surface area contributed by atoms with Crippen molar-refractivity contribution in [2.75, 3.05) is 11.4 Å². The van der Waals surface area contributed by atoms with Crippen molar-refractivity contribution in [1.82, 2.24) is 5.43 Å². The topological polar surface area (TPSA) is 61.8 Å². The van der Waals surface area contributed by atoms with Gasteiger partial charge in [-0.2, -0.15) is 5.10 Å². The molecule has 2 aromatic carbocycles. The molecular weight excluding hydrogens is 314 g/mol. The Morgan fingerprint density at radius 1 is 1.22 bits per heavy atom. The fourth-order valence-corrected chi connectivity index (χ4v) is 2.61. The molecule has 0 spiro atoms. The molecule has 6 heteroatoms. The Kier molecular flexibility index (Phi) is 4.39. The van der Waals surface area contributed by atoms with Gasteiger partial charge in [-0.05, 0) is 17.7 Å². The van der Waals surface area contributed by atoms with E-state index in [1.54, 1.807) is 12.1 Å². The molecule has 0 bridgehead atoms. The van der Waals surface area contributed by atoms with Gasteiger partial charge in [0.2, 0.25) is 5.91 Å². The number of amides is 2. The molecule has 0 fully saturated rings. The third-order valence-electron chi connectivity index (χ3n) is 3.52. The van der Waals surface area contributed by atoms with Crippen LogP contribution in [0.25, 0.3) is 0 Å². The number of hydrogen-bond acceptors (Lipinski definition) is 3. The highest BCUT2D eigenvalue weighted by molar-refractivity contribution is 6.33. The van der Waals surface area contributed by atoms with Crippen LogP contribution in [-0.4, -0.2) is 24.6 Å². The van der Waals surface area contributed by atoms with Gasteiger partial charge < -0.3 is 4.90 Å². The molecule has 23 heavy (non-hydrogen) atoms. The summed E-state index contributed by atoms with van der Waals surface area (Å²) in [7, 11) is 0. The lowest BCUT2D eigenvalue weighted by atomic mass is 10.2. The summed E-state index contributed by atoms with van der Waals surface area (Å²) < 4.78 is 0. The minimum absolute atomic E-state index is 0.0598. The molecule has 0 atom stereocenters. The van der Waals surface area contributed by atoms with Crippen LogP contribution in [0.4, 0.5) is 5.69 Å². The van der Waals surface area contributed by atoms with Gasteiger partial charge in [0, 0.05) is 16.3 Å². The van der Waals surface area contributed by atoms with Gasteiger partial charge in [0.05, 0.1) is 12.6 Å². The predicted octanol–water partition coefficient (Wildman–Crippen LogP) is 2.38. The van der Waals surface area contributed by atoms with Crippen molar-refractivity contribution in [3.8, 4) is 0 Å². The summed E-state index contributed by atoms with van der Waals surface area (Å²) in [6, 6.07) is 14.6. The number of para-hydroxylation sites is 1. The van der Waals surface area contributed by atoms with Crippen LogP contribution in [0.2, 0.25) is 5.02 Å². The Labute approximate surface area is 138 Å². The number of anilines is 1. The number of hydrogen-bond donors (Lipinski definition) is 1. The van der Waals surface area contributed by atoms with Gasteiger partial charge in [-0.25, -0.2) is 5.43 Å². The van der Waals surface area contributed by atoms with Gasteiger partial charge >= 0.3 is 0 Å². The zero-order valence-electron chi connectivity index (χ0n) is 12.2. The monoisotopic (exact) mass is 327 g/mol. The second-order valence-corrected chi connectivity index (χ2v) is 5.51. The maximum Gasteiger partial charge on any atom is 0.260 e. The first-order valence-electron chi connectivity index (χ1n) is 7.10. The van der Waals surface area contributed by atoms with E-state index in [0.717, 1.165) is 11.3 Å². The first-order chi connectivity index (χ1) is 11.1. The molecule has 0 saturated heterocycles. The number of nitrogens with zero attached hydrogens (tertiary/aromatic N) is 2. The van der Waals surface area contributed by atoms with Crippen LogP contribution in [0.15, 0.2) is 53.6 Å². The molecule has 3 rings (SSSR count). The Balaban J connectivity index is 1.62. The van der Waals surface area contributed by atoms with Crippen molar-refractivity contribution in [3.63, 3.8) is 0 Å². The number of benzene rings is 2. The number of fused-ring (bicyclic) bond motifs is 1. The summed E-state index contributed by atoms with van der Waals surface area (Å²) in [4.78, 5) is 25.4. The molecule has 1 aliphatic heterocycles. The zero-order chi connectivity index (χ0) is 16.2. The summed E-state index contributed by atoms with van der Waals surface area (Å²) >= 11 is 6.00. The molecule has 1 heterocycles. The van der Waals surface area contributed by atoms with Crippen LogP contribution >= 0.6 is 11.6 Å². The van der Waals surface area contributed by atoms with Crippen LogP contribution in [0, 0.1) is 0 Å². The average Bonchev–Trinajstić information content (AvgIpc) is 2.85. The lowest BCUT2D eigenvalue weighted by Gasteiger charge is -2.15. The van der Waals surface area contributed by atoms with Gasteiger partial charge in [0.1, 0.15) is 6.54 Å². The van der Waals surface area contributed by atoms with Crippen LogP contribution in [0.5, 0.6) is 0 Å². The largest absolute Gasteiger partial charge is 0.302 e. The number of halogens is 1. The minimum Gasteiger partial charge on any atom is -0.302 e. The molecule has 0 saturated carbocycles. The first kappa shape index (κ1) is 15.2. The minimum atomic E-state index is -0.363. The molecule has 2 amide bonds. The molecule has 5 nitrogen and oxygen atoms in total. The van der Waals surface area contributed by atoms with E-state index in [2.05, 4.69) is 10.5 Å². The SMILES string of the molecule is O=C(CN1C(=O)Cc2ccccc21)NN=Cc1ccccc1Cl. The normalized spacial score (nSPS) is 13.4. The van der Waals surface area contributed by atoms with E-state index in [0.29, 0.717) is 17.0 Å². The highest BCUT2D eigenvalue weighted by atomic mass is 35.5. The van der Waals surface area contributed by atoms with E-state index in [9.17, 15) is 9.59 Å². The summed E-state index contributed by atoms with van der Waals surface area (Å²) in [5.74, 6) is -0.449. The second kappa shape index (κ2) is 6.62. The molecule has 116 valence electrons. The third kappa shape index (κ3) is 3.40. The predicted molar refractivity (Wildman–Crippen MR) is 89.7 cm³/mol. The second-order valence-electron chi connectivity index (χ2n) is 5.10. The maximum atomic E-state index is 12.0. The Bertz CT molecular complexity index is 789. The van der Waals surface area contributed by atoms with E-state index in [4.69, 9.17) is 11.6 Å². The number of rotatable bonds is 4. The third-order valence-corrected chi connectivity index (χ3v) is 3.87. The molecule has 1 aliphatic rings. The number of carbonyl (C=O) groups is 2. The van der Waals surface area contributed by atoms with E-state index in [1.165, 1.54) is 11.1 Å².